The summed E-state index contributed by atoms with van der Waals surface area (Å²) in [5.74, 6) is 0.606. The van der Waals surface area contributed by atoms with E-state index in [-0.39, 0.29) is 47.6 Å². The fraction of sp³-hybridized carbons (Fsp3) is 0.565. The highest BCUT2D eigenvalue weighted by atomic mass is 127. The van der Waals surface area contributed by atoms with Gasteiger partial charge in [0.15, 0.2) is 5.96 Å². The predicted octanol–water partition coefficient (Wildman–Crippen LogP) is 2.49. The minimum Gasteiger partial charge on any atom is -0.356 e. The fourth-order valence-electron chi connectivity index (χ4n) is 4.04. The first-order valence-corrected chi connectivity index (χ1v) is 11.1. The number of imide groups is 1. The molecule has 2 aliphatic rings. The van der Waals surface area contributed by atoms with Gasteiger partial charge in [0.1, 0.15) is 0 Å². The summed E-state index contributed by atoms with van der Waals surface area (Å²) in [5, 5.41) is 6.74. The van der Waals surface area contributed by atoms with Crippen molar-refractivity contribution in [2.24, 2.45) is 10.9 Å². The van der Waals surface area contributed by atoms with E-state index in [4.69, 9.17) is 0 Å². The number of piperidine rings is 1. The third-order valence-electron chi connectivity index (χ3n) is 5.84. The number of likely N-dealkylation sites (tertiary alicyclic amines) is 1. The highest BCUT2D eigenvalue weighted by Crippen LogP contribution is 2.22. The van der Waals surface area contributed by atoms with Crippen LogP contribution in [0.1, 0.15) is 60.2 Å². The molecule has 0 aromatic heterocycles. The normalized spacial score (nSPS) is 16.8. The second-order valence-electron chi connectivity index (χ2n) is 8.41. The van der Waals surface area contributed by atoms with Gasteiger partial charge in [-0.3, -0.25) is 24.3 Å². The third-order valence-corrected chi connectivity index (χ3v) is 5.84. The molecular formula is C23H34IN5O3. The number of benzene rings is 1. The molecule has 0 atom stereocenters. The van der Waals surface area contributed by atoms with Crippen molar-refractivity contribution in [2.45, 2.75) is 45.6 Å². The van der Waals surface area contributed by atoms with Gasteiger partial charge in [0.25, 0.3) is 11.8 Å². The number of nitrogens with one attached hydrogen (secondary N) is 2. The molecule has 2 heterocycles. The summed E-state index contributed by atoms with van der Waals surface area (Å²) >= 11 is 0. The summed E-state index contributed by atoms with van der Waals surface area (Å²) in [5.41, 5.74) is 0.993. The molecule has 1 fully saturated rings. The topological polar surface area (TPSA) is 94.1 Å². The van der Waals surface area contributed by atoms with Crippen molar-refractivity contribution < 1.29 is 14.4 Å². The molecule has 176 valence electrons. The van der Waals surface area contributed by atoms with Crippen LogP contribution in [0.4, 0.5) is 0 Å². The summed E-state index contributed by atoms with van der Waals surface area (Å²) in [6.45, 7) is 6.54. The van der Waals surface area contributed by atoms with Crippen molar-refractivity contribution in [1.82, 2.24) is 20.4 Å². The van der Waals surface area contributed by atoms with Crippen LogP contribution in [0.15, 0.2) is 29.3 Å². The molecule has 0 bridgehead atoms. The Morgan fingerprint density at radius 3 is 2.22 bits per heavy atom. The minimum absolute atomic E-state index is 0. The maximum atomic E-state index is 12.4. The van der Waals surface area contributed by atoms with Gasteiger partial charge in [-0.05, 0) is 37.8 Å². The second-order valence-corrected chi connectivity index (χ2v) is 8.41. The SMILES string of the molecule is CN=C(NCCCCN1C(=O)c2ccccc2C1=O)NC1CCN(C(=O)C(C)C)CC1.I. The zero-order valence-corrected chi connectivity index (χ0v) is 21.4. The Morgan fingerprint density at radius 2 is 1.69 bits per heavy atom. The Balaban J connectivity index is 0.00000363. The lowest BCUT2D eigenvalue weighted by Crippen LogP contribution is -2.50. The number of carbonyl (C=O) groups is 3. The van der Waals surface area contributed by atoms with Crippen LogP contribution in [0.3, 0.4) is 0 Å². The van der Waals surface area contributed by atoms with E-state index >= 15 is 0 Å². The largest absolute Gasteiger partial charge is 0.356 e. The number of halogens is 1. The van der Waals surface area contributed by atoms with Crippen LogP contribution < -0.4 is 10.6 Å². The molecule has 2 N–H and O–H groups in total. The zero-order chi connectivity index (χ0) is 22.4. The van der Waals surface area contributed by atoms with Gasteiger partial charge in [0, 0.05) is 45.2 Å². The summed E-state index contributed by atoms with van der Waals surface area (Å²) in [7, 11) is 1.74. The lowest BCUT2D eigenvalue weighted by molar-refractivity contribution is -0.135. The molecule has 1 aromatic rings. The molecule has 0 radical (unpaired) electrons. The monoisotopic (exact) mass is 555 g/mol. The highest BCUT2D eigenvalue weighted by molar-refractivity contribution is 14.0. The third kappa shape index (κ3) is 6.20. The quantitative estimate of drug-likeness (QED) is 0.177. The van der Waals surface area contributed by atoms with E-state index < -0.39 is 0 Å². The van der Waals surface area contributed by atoms with E-state index in [9.17, 15) is 14.4 Å². The van der Waals surface area contributed by atoms with Gasteiger partial charge in [-0.1, -0.05) is 26.0 Å². The number of guanidine groups is 1. The molecule has 2 aliphatic heterocycles. The van der Waals surface area contributed by atoms with Crippen molar-refractivity contribution in [3.05, 3.63) is 35.4 Å². The zero-order valence-electron chi connectivity index (χ0n) is 19.1. The van der Waals surface area contributed by atoms with Crippen LogP contribution in [-0.4, -0.2) is 72.7 Å². The van der Waals surface area contributed by atoms with Crippen molar-refractivity contribution in [3.8, 4) is 0 Å². The molecule has 1 aromatic carbocycles. The Morgan fingerprint density at radius 1 is 1.09 bits per heavy atom. The molecule has 9 heteroatoms. The molecule has 1 saturated heterocycles. The van der Waals surface area contributed by atoms with E-state index in [0.717, 1.165) is 44.7 Å². The molecule has 0 aliphatic carbocycles. The molecule has 0 unspecified atom stereocenters. The van der Waals surface area contributed by atoms with Crippen LogP contribution >= 0.6 is 24.0 Å². The van der Waals surface area contributed by atoms with Crippen LogP contribution in [0.5, 0.6) is 0 Å². The maximum Gasteiger partial charge on any atom is 0.261 e. The molecule has 3 rings (SSSR count). The maximum absolute atomic E-state index is 12.4. The van der Waals surface area contributed by atoms with Crippen LogP contribution in [0.2, 0.25) is 0 Å². The Hall–Kier alpha value is -2.17. The van der Waals surface area contributed by atoms with Gasteiger partial charge in [-0.25, -0.2) is 0 Å². The van der Waals surface area contributed by atoms with Crippen LogP contribution in [0.25, 0.3) is 0 Å². The Bertz CT molecular complexity index is 815. The average molecular weight is 555 g/mol. The number of carbonyl (C=O) groups excluding carboxylic acids is 3. The van der Waals surface area contributed by atoms with Crippen molar-refractivity contribution in [3.63, 3.8) is 0 Å². The van der Waals surface area contributed by atoms with Crippen molar-refractivity contribution >= 4 is 47.7 Å². The molecule has 0 saturated carbocycles. The highest BCUT2D eigenvalue weighted by Gasteiger charge is 2.34. The first-order valence-electron chi connectivity index (χ1n) is 11.1. The molecule has 0 spiro atoms. The lowest BCUT2D eigenvalue weighted by atomic mass is 10.0. The number of aliphatic imine (C=N–C) groups is 1. The number of hydrogen-bond acceptors (Lipinski definition) is 4. The van der Waals surface area contributed by atoms with E-state index in [1.165, 1.54) is 4.90 Å². The molecular weight excluding hydrogens is 521 g/mol. The minimum atomic E-state index is -0.201. The van der Waals surface area contributed by atoms with Gasteiger partial charge in [0.05, 0.1) is 11.1 Å². The van der Waals surface area contributed by atoms with E-state index in [1.807, 2.05) is 18.7 Å². The first-order chi connectivity index (χ1) is 14.9. The molecule has 32 heavy (non-hydrogen) atoms. The Kier molecular flexibility index (Phi) is 9.92. The summed E-state index contributed by atoms with van der Waals surface area (Å²) < 4.78 is 0. The number of fused-ring (bicyclic) bond motifs is 1. The van der Waals surface area contributed by atoms with Gasteiger partial charge in [-0.15, -0.1) is 24.0 Å². The van der Waals surface area contributed by atoms with E-state index in [0.29, 0.717) is 30.3 Å². The van der Waals surface area contributed by atoms with Gasteiger partial charge in [-0.2, -0.15) is 0 Å². The summed E-state index contributed by atoms with van der Waals surface area (Å²) in [6, 6.07) is 7.26. The van der Waals surface area contributed by atoms with Gasteiger partial charge in [0.2, 0.25) is 5.91 Å². The fourth-order valence-corrected chi connectivity index (χ4v) is 4.04. The predicted molar refractivity (Wildman–Crippen MR) is 135 cm³/mol. The number of unbranched alkanes of at least 4 members (excludes halogenated alkanes) is 1. The smallest absolute Gasteiger partial charge is 0.261 e. The van der Waals surface area contributed by atoms with Gasteiger partial charge >= 0.3 is 0 Å². The number of rotatable bonds is 7. The standard InChI is InChI=1S/C23H33N5O3.HI/c1-16(2)20(29)27-14-10-17(11-15-27)26-23(24-3)25-12-6-7-13-28-21(30)18-8-4-5-9-19(18)22(28)31;/h4-5,8-9,16-17H,6-7,10-15H2,1-3H3,(H2,24,25,26);1H. The number of nitrogens with zero attached hydrogens (tertiary/aromatic N) is 3. The molecule has 3 amide bonds. The van der Waals surface area contributed by atoms with Crippen LogP contribution in [0, 0.1) is 5.92 Å². The second kappa shape index (κ2) is 12.2. The summed E-state index contributed by atoms with van der Waals surface area (Å²) in [4.78, 5) is 44.4. The lowest BCUT2D eigenvalue weighted by Gasteiger charge is -2.34. The number of hydrogen-bond donors (Lipinski definition) is 2. The van der Waals surface area contributed by atoms with Crippen molar-refractivity contribution in [2.75, 3.05) is 33.2 Å². The van der Waals surface area contributed by atoms with Crippen molar-refractivity contribution in [1.29, 1.82) is 0 Å². The number of amides is 3. The Labute approximate surface area is 207 Å². The molecule has 8 nitrogen and oxygen atoms in total. The summed E-state index contributed by atoms with van der Waals surface area (Å²) in [6.07, 6.45) is 3.35. The average Bonchev–Trinajstić information content (AvgIpc) is 3.02. The van der Waals surface area contributed by atoms with Crippen LogP contribution in [-0.2, 0) is 4.79 Å². The first kappa shape index (κ1) is 26.1. The van der Waals surface area contributed by atoms with E-state index in [1.54, 1.807) is 31.3 Å². The van der Waals surface area contributed by atoms with E-state index in [2.05, 4.69) is 15.6 Å². The van der Waals surface area contributed by atoms with Gasteiger partial charge < -0.3 is 15.5 Å².